The summed E-state index contributed by atoms with van der Waals surface area (Å²) in [4.78, 5) is 0. The molecule has 0 amide bonds. The highest BCUT2D eigenvalue weighted by Gasteiger charge is 2.36. The minimum Gasteiger partial charge on any atom is -0.745 e. The van der Waals surface area contributed by atoms with Crippen LogP contribution in [0.15, 0.2) is 0 Å². The smallest absolute Gasteiger partial charge is 0.199 e. The summed E-state index contributed by atoms with van der Waals surface area (Å²) in [7, 11) is -4.89. The van der Waals surface area contributed by atoms with Crippen LogP contribution in [0.4, 0.5) is 4.39 Å². The molecule has 238 valence electrons. The van der Waals surface area contributed by atoms with E-state index >= 15 is 0 Å². The van der Waals surface area contributed by atoms with Crippen LogP contribution in [0.1, 0.15) is 183 Å². The molecule has 0 aliphatic carbocycles. The van der Waals surface area contributed by atoms with E-state index in [1.165, 1.54) is 101 Å². The molecule has 0 aliphatic heterocycles. The molecule has 1 atom stereocenters. The molecule has 0 fully saturated rings. The molecule has 1 unspecified atom stereocenters. The van der Waals surface area contributed by atoms with Gasteiger partial charge in [0.25, 0.3) is 0 Å². The molecule has 0 N–H and O–H groups in total. The molecule has 0 saturated carbocycles. The van der Waals surface area contributed by atoms with Crippen LogP contribution in [0.3, 0.4) is 0 Å². The lowest BCUT2D eigenvalue weighted by molar-refractivity contribution is -0.921. The van der Waals surface area contributed by atoms with E-state index < -0.39 is 15.1 Å². The van der Waals surface area contributed by atoms with Crippen molar-refractivity contribution >= 4 is 10.1 Å². The molecule has 0 aromatic carbocycles. The molecule has 39 heavy (non-hydrogen) atoms. The Morgan fingerprint density at radius 1 is 0.487 bits per heavy atom. The Labute approximate surface area is 245 Å². The lowest BCUT2D eigenvalue weighted by atomic mass is 10.0. The normalized spacial score (nSPS) is 13.6. The van der Waals surface area contributed by atoms with Crippen LogP contribution in [0.2, 0.25) is 0 Å². The van der Waals surface area contributed by atoms with Gasteiger partial charge in [-0.3, -0.25) is 0 Å². The van der Waals surface area contributed by atoms with Gasteiger partial charge in [0.15, 0.2) is 5.00 Å². The standard InChI is InChI=1S/C25H51FO3S.C8H20N/c1-3-5-7-9-10-11-12-13-14-15-16-17-18-20-22-24-25(26,30(27,28)29)23-21-19-8-6-4-2;1-5-9(6-2,7-3)8-4/h3-24H2,1-2H3,(H,27,28,29);5-8H2,1-4H3/q;+1/p-1. The van der Waals surface area contributed by atoms with Gasteiger partial charge in [-0.1, -0.05) is 129 Å². The van der Waals surface area contributed by atoms with Crippen molar-refractivity contribution in [2.24, 2.45) is 0 Å². The SMILES string of the molecule is CCCCCCCCCCCCCCCCCC(F)(CCCCCCC)S(=O)(=O)[O-].CC[N+](CC)(CC)CC. The Balaban J connectivity index is 0. The molecule has 0 aromatic rings. The monoisotopic (exact) mass is 580 g/mol. The van der Waals surface area contributed by atoms with E-state index in [-0.39, 0.29) is 12.8 Å². The Hall–Kier alpha value is -0.200. The summed E-state index contributed by atoms with van der Waals surface area (Å²) in [5, 5.41) is -2.56. The third-order valence-electron chi connectivity index (χ3n) is 8.94. The van der Waals surface area contributed by atoms with Crippen LogP contribution in [0.5, 0.6) is 0 Å². The highest BCUT2D eigenvalue weighted by Crippen LogP contribution is 2.32. The molecule has 0 bridgehead atoms. The fourth-order valence-electron chi connectivity index (χ4n) is 5.47. The maximum Gasteiger partial charge on any atom is 0.199 e. The second kappa shape index (κ2) is 26.7. The average molecular weight is 580 g/mol. The van der Waals surface area contributed by atoms with E-state index in [0.717, 1.165) is 44.9 Å². The van der Waals surface area contributed by atoms with Crippen molar-refractivity contribution in [1.29, 1.82) is 0 Å². The van der Waals surface area contributed by atoms with Crippen LogP contribution in [-0.2, 0) is 10.1 Å². The van der Waals surface area contributed by atoms with Crippen molar-refractivity contribution in [3.63, 3.8) is 0 Å². The quantitative estimate of drug-likeness (QED) is 0.0552. The Bertz CT molecular complexity index is 593. The van der Waals surface area contributed by atoms with E-state index in [4.69, 9.17) is 0 Å². The Morgan fingerprint density at radius 2 is 0.718 bits per heavy atom. The summed E-state index contributed by atoms with van der Waals surface area (Å²) in [5.74, 6) is 0. The molecule has 0 saturated heterocycles. The zero-order valence-electron chi connectivity index (χ0n) is 27.3. The first-order chi connectivity index (χ1) is 18.6. The van der Waals surface area contributed by atoms with Crippen molar-refractivity contribution < 1.29 is 21.8 Å². The van der Waals surface area contributed by atoms with Crippen molar-refractivity contribution in [1.82, 2.24) is 0 Å². The van der Waals surface area contributed by atoms with Gasteiger partial charge in [-0.25, -0.2) is 12.8 Å². The van der Waals surface area contributed by atoms with Gasteiger partial charge in [0.2, 0.25) is 0 Å². The minimum absolute atomic E-state index is 0.134. The number of rotatable bonds is 27. The van der Waals surface area contributed by atoms with Crippen molar-refractivity contribution in [2.75, 3.05) is 26.2 Å². The van der Waals surface area contributed by atoms with Gasteiger partial charge in [0, 0.05) is 0 Å². The van der Waals surface area contributed by atoms with E-state index in [0.29, 0.717) is 12.8 Å². The number of hydrogen-bond acceptors (Lipinski definition) is 3. The van der Waals surface area contributed by atoms with Crippen LogP contribution < -0.4 is 0 Å². The van der Waals surface area contributed by atoms with Crippen LogP contribution in [0, 0.1) is 0 Å². The largest absolute Gasteiger partial charge is 0.745 e. The van der Waals surface area contributed by atoms with E-state index in [9.17, 15) is 17.4 Å². The third-order valence-corrected chi connectivity index (χ3v) is 10.2. The molecule has 6 heteroatoms. The lowest BCUT2D eigenvalue weighted by Crippen LogP contribution is -2.47. The fraction of sp³-hybridized carbons (Fsp3) is 1.00. The predicted molar refractivity (Wildman–Crippen MR) is 169 cm³/mol. The molecule has 4 nitrogen and oxygen atoms in total. The minimum atomic E-state index is -4.89. The number of halogens is 1. The number of unbranched alkanes of at least 4 members (excludes halogenated alkanes) is 18. The molecule has 0 aliphatic rings. The summed E-state index contributed by atoms with van der Waals surface area (Å²) in [5.41, 5.74) is 0. The Kier molecular flexibility index (Phi) is 28.0. The van der Waals surface area contributed by atoms with Gasteiger partial charge in [-0.2, -0.15) is 0 Å². The summed E-state index contributed by atoms with van der Waals surface area (Å²) >= 11 is 0. The molecular weight excluding hydrogens is 509 g/mol. The van der Waals surface area contributed by atoms with E-state index in [1.54, 1.807) is 0 Å². The second-order valence-electron chi connectivity index (χ2n) is 11.8. The van der Waals surface area contributed by atoms with Crippen LogP contribution >= 0.6 is 0 Å². The summed E-state index contributed by atoms with van der Waals surface area (Å²) in [6.45, 7) is 18.6. The van der Waals surface area contributed by atoms with Gasteiger partial charge >= 0.3 is 0 Å². The lowest BCUT2D eigenvalue weighted by Gasteiger charge is -2.34. The molecule has 0 heterocycles. The Morgan fingerprint density at radius 3 is 0.897 bits per heavy atom. The van der Waals surface area contributed by atoms with Gasteiger partial charge in [0.05, 0.1) is 26.2 Å². The number of quaternary nitrogens is 1. The number of nitrogens with zero attached hydrogens (tertiary/aromatic N) is 1. The molecule has 0 aromatic heterocycles. The predicted octanol–water partition coefficient (Wildman–Crippen LogP) is 10.7. The van der Waals surface area contributed by atoms with Gasteiger partial charge in [0.1, 0.15) is 10.1 Å². The van der Waals surface area contributed by atoms with Crippen LogP contribution in [-0.4, -0.2) is 48.6 Å². The molecule has 0 rings (SSSR count). The maximum atomic E-state index is 14.8. The molecule has 0 radical (unpaired) electrons. The van der Waals surface area contributed by atoms with Crippen molar-refractivity contribution in [2.45, 2.75) is 188 Å². The van der Waals surface area contributed by atoms with E-state index in [1.807, 2.05) is 0 Å². The third kappa shape index (κ3) is 22.1. The zero-order valence-corrected chi connectivity index (χ0v) is 28.2. The van der Waals surface area contributed by atoms with Gasteiger partial charge in [-0.05, 0) is 53.4 Å². The topological polar surface area (TPSA) is 57.2 Å². The second-order valence-corrected chi connectivity index (χ2v) is 13.4. The summed E-state index contributed by atoms with van der Waals surface area (Å²) in [6.07, 6.45) is 22.2. The first kappa shape index (κ1) is 40.9. The maximum absolute atomic E-state index is 14.8. The van der Waals surface area contributed by atoms with Crippen molar-refractivity contribution in [3.05, 3.63) is 0 Å². The molecular formula is C33H70FNO3S. The number of alkyl halides is 1. The molecule has 0 spiro atoms. The fourth-order valence-corrected chi connectivity index (χ4v) is 6.26. The highest BCUT2D eigenvalue weighted by molar-refractivity contribution is 7.87. The van der Waals surface area contributed by atoms with Crippen molar-refractivity contribution in [3.8, 4) is 0 Å². The zero-order chi connectivity index (χ0) is 29.9. The van der Waals surface area contributed by atoms with E-state index in [2.05, 4.69) is 41.5 Å². The van der Waals surface area contributed by atoms with Gasteiger partial charge < -0.3 is 9.04 Å². The highest BCUT2D eigenvalue weighted by atomic mass is 32.2. The summed E-state index contributed by atoms with van der Waals surface area (Å²) < 4.78 is 50.3. The first-order valence-electron chi connectivity index (χ1n) is 17.1. The number of hydrogen-bond donors (Lipinski definition) is 0. The summed E-state index contributed by atoms with van der Waals surface area (Å²) in [6, 6.07) is 0. The van der Waals surface area contributed by atoms with Gasteiger partial charge in [-0.15, -0.1) is 0 Å². The first-order valence-corrected chi connectivity index (χ1v) is 18.5. The average Bonchev–Trinajstić information content (AvgIpc) is 2.92. The van der Waals surface area contributed by atoms with Crippen LogP contribution in [0.25, 0.3) is 0 Å².